The van der Waals surface area contributed by atoms with Gasteiger partial charge in [0.15, 0.2) is 0 Å². The first-order valence-electron chi connectivity index (χ1n) is 10.9. The van der Waals surface area contributed by atoms with Crippen molar-refractivity contribution in [3.63, 3.8) is 0 Å². The molecule has 0 spiro atoms. The first kappa shape index (κ1) is 23.1. The number of hydrogen-bond donors (Lipinski definition) is 2. The number of benzene rings is 3. The summed E-state index contributed by atoms with van der Waals surface area (Å²) in [5.74, 6) is 0.669. The summed E-state index contributed by atoms with van der Waals surface area (Å²) < 4.78 is 17.4. The Morgan fingerprint density at radius 1 is 0.912 bits per heavy atom. The molecule has 0 aliphatic carbocycles. The molecule has 4 aromatic rings. The van der Waals surface area contributed by atoms with E-state index in [2.05, 4.69) is 24.0 Å². The zero-order valence-corrected chi connectivity index (χ0v) is 19.0. The summed E-state index contributed by atoms with van der Waals surface area (Å²) >= 11 is 0. The van der Waals surface area contributed by atoms with Crippen molar-refractivity contribution in [1.82, 2.24) is 9.72 Å². The molecule has 2 N–H and O–H groups in total. The van der Waals surface area contributed by atoms with Crippen molar-refractivity contribution in [3.8, 4) is 22.6 Å². The molecular weight excluding hydrogens is 436 g/mol. The average molecular weight is 463 g/mol. The summed E-state index contributed by atoms with van der Waals surface area (Å²) in [6.45, 7) is 4.85. The van der Waals surface area contributed by atoms with Crippen LogP contribution in [-0.2, 0) is 13.2 Å². The van der Waals surface area contributed by atoms with Gasteiger partial charge in [-0.1, -0.05) is 42.5 Å². The van der Waals surface area contributed by atoms with Gasteiger partial charge in [-0.15, -0.1) is 4.74 Å². The van der Waals surface area contributed by atoms with Crippen molar-refractivity contribution >= 4 is 0 Å². The van der Waals surface area contributed by atoms with Crippen molar-refractivity contribution in [2.75, 3.05) is 13.2 Å². The van der Waals surface area contributed by atoms with Crippen molar-refractivity contribution in [2.45, 2.75) is 27.0 Å². The van der Waals surface area contributed by atoms with Crippen molar-refractivity contribution in [2.24, 2.45) is 0 Å². The van der Waals surface area contributed by atoms with E-state index in [1.807, 2.05) is 55.5 Å². The topological polar surface area (TPSA) is 107 Å². The maximum Gasteiger partial charge on any atom is 0.440 e. The first-order valence-corrected chi connectivity index (χ1v) is 10.9. The fourth-order valence-corrected chi connectivity index (χ4v) is 3.79. The molecule has 0 saturated carbocycles. The summed E-state index contributed by atoms with van der Waals surface area (Å²) in [5, 5.41) is 9.06. The average Bonchev–Trinajstić information content (AvgIpc) is 3.15. The van der Waals surface area contributed by atoms with Gasteiger partial charge in [0.25, 0.3) is 0 Å². The van der Waals surface area contributed by atoms with Gasteiger partial charge in [-0.2, -0.15) is 0 Å². The number of rotatable bonds is 9. The van der Waals surface area contributed by atoms with Crippen LogP contribution in [0, 0.1) is 13.8 Å². The van der Waals surface area contributed by atoms with Crippen molar-refractivity contribution in [1.29, 1.82) is 0 Å². The maximum atomic E-state index is 11.6. The van der Waals surface area contributed by atoms with Crippen LogP contribution in [0.15, 0.2) is 74.8 Å². The lowest BCUT2D eigenvalue weighted by Gasteiger charge is -2.16. The maximum absolute atomic E-state index is 11.6. The third-order valence-corrected chi connectivity index (χ3v) is 5.64. The Morgan fingerprint density at radius 2 is 1.62 bits per heavy atom. The zero-order valence-electron chi connectivity index (χ0n) is 19.0. The number of aliphatic hydroxyl groups is 1. The summed E-state index contributed by atoms with van der Waals surface area (Å²) in [6, 6.07) is 19.3. The molecule has 0 amide bonds. The molecule has 0 aliphatic heterocycles. The van der Waals surface area contributed by atoms with Crippen LogP contribution in [0.4, 0.5) is 0 Å². The number of aromatic amines is 1. The molecule has 34 heavy (non-hydrogen) atoms. The number of aromatic nitrogens is 2. The molecule has 1 aromatic heterocycles. The third kappa shape index (κ3) is 5.13. The normalized spacial score (nSPS) is 10.9. The molecule has 4 rings (SSSR count). The Balaban J connectivity index is 1.47. The molecule has 176 valence electrons. The Kier molecular flexibility index (Phi) is 6.98. The molecular formula is C26H26N2O6. The van der Waals surface area contributed by atoms with Gasteiger partial charge < -0.3 is 19.1 Å². The highest BCUT2D eigenvalue weighted by molar-refractivity contribution is 5.73. The lowest BCUT2D eigenvalue weighted by molar-refractivity contribution is 0.200. The van der Waals surface area contributed by atoms with Gasteiger partial charge in [0.05, 0.1) is 13.2 Å². The van der Waals surface area contributed by atoms with Crippen LogP contribution < -0.4 is 20.9 Å². The molecule has 0 saturated heterocycles. The highest BCUT2D eigenvalue weighted by Crippen LogP contribution is 2.33. The highest BCUT2D eigenvalue weighted by atomic mass is 16.5. The minimum absolute atomic E-state index is 0.0302. The molecule has 8 nitrogen and oxygen atoms in total. The summed E-state index contributed by atoms with van der Waals surface area (Å²) in [4.78, 5) is 24.8. The van der Waals surface area contributed by atoms with Gasteiger partial charge >= 0.3 is 11.4 Å². The second-order valence-electron chi connectivity index (χ2n) is 7.87. The van der Waals surface area contributed by atoms with E-state index in [1.165, 1.54) is 0 Å². The summed E-state index contributed by atoms with van der Waals surface area (Å²) in [6.07, 6.45) is 0. The quantitative estimate of drug-likeness (QED) is 0.395. The molecule has 0 bridgehead atoms. The summed E-state index contributed by atoms with van der Waals surface area (Å²) in [7, 11) is 0. The number of nitrogens with zero attached hydrogens (tertiary/aromatic N) is 1. The molecule has 0 unspecified atom stereocenters. The fraction of sp³-hybridized carbons (Fsp3) is 0.231. The van der Waals surface area contributed by atoms with Crippen molar-refractivity contribution < 1.29 is 19.1 Å². The molecule has 3 aromatic carbocycles. The molecule has 8 heteroatoms. The van der Waals surface area contributed by atoms with Crippen LogP contribution >= 0.6 is 0 Å². The number of aliphatic hydroxyl groups excluding tert-OH is 1. The Hall–Kier alpha value is -4.04. The number of H-pyrrole nitrogens is 1. The van der Waals surface area contributed by atoms with Gasteiger partial charge in [0, 0.05) is 0 Å². The van der Waals surface area contributed by atoms with E-state index < -0.39 is 11.4 Å². The predicted molar refractivity (Wildman–Crippen MR) is 127 cm³/mol. The van der Waals surface area contributed by atoms with Crippen LogP contribution in [0.25, 0.3) is 11.1 Å². The van der Waals surface area contributed by atoms with Gasteiger partial charge in [0.1, 0.15) is 24.7 Å². The van der Waals surface area contributed by atoms with E-state index >= 15 is 0 Å². The summed E-state index contributed by atoms with van der Waals surface area (Å²) in [5.41, 5.74) is 5.58. The lowest BCUT2D eigenvalue weighted by atomic mass is 9.93. The third-order valence-electron chi connectivity index (χ3n) is 5.64. The van der Waals surface area contributed by atoms with Crippen molar-refractivity contribution in [3.05, 3.63) is 104 Å². The monoisotopic (exact) mass is 462 g/mol. The predicted octanol–water partition coefficient (Wildman–Crippen LogP) is 3.41. The molecule has 0 atom stereocenters. The highest BCUT2D eigenvalue weighted by Gasteiger charge is 2.12. The van der Waals surface area contributed by atoms with E-state index in [0.717, 1.165) is 43.9 Å². The van der Waals surface area contributed by atoms with E-state index in [4.69, 9.17) is 19.1 Å². The van der Waals surface area contributed by atoms with E-state index in [1.54, 1.807) is 0 Å². The number of nitrogens with one attached hydrogen (secondary N) is 1. The second kappa shape index (κ2) is 10.3. The van der Waals surface area contributed by atoms with Gasteiger partial charge in [-0.3, -0.25) is 0 Å². The Labute approximate surface area is 196 Å². The van der Waals surface area contributed by atoms with E-state index in [0.29, 0.717) is 12.4 Å². The first-order chi connectivity index (χ1) is 16.5. The molecule has 1 heterocycles. The Morgan fingerprint density at radius 3 is 2.29 bits per heavy atom. The largest absolute Gasteiger partial charge is 0.491 e. The van der Waals surface area contributed by atoms with Crippen LogP contribution in [0.2, 0.25) is 0 Å². The minimum atomic E-state index is -0.776. The SMILES string of the molecule is Cc1c(COc2ccc(Cn3oc(=O)[nH]c3=O)cc2)cccc1-c1cccc(OCCO)c1C. The van der Waals surface area contributed by atoms with Gasteiger partial charge in [0.2, 0.25) is 0 Å². The lowest BCUT2D eigenvalue weighted by Crippen LogP contribution is -2.17. The standard InChI is InChI=1S/C26H26N2O6/c1-17-20(5-3-6-22(17)23-7-4-8-24(18(23)2)32-14-13-29)16-33-21-11-9-19(10-12-21)15-28-25(30)27-26(31)34-28/h3-12,29H,13-16H2,1-2H3,(H,27,30,31). The van der Waals surface area contributed by atoms with Crippen LogP contribution in [0.1, 0.15) is 22.3 Å². The smallest absolute Gasteiger partial charge is 0.440 e. The van der Waals surface area contributed by atoms with E-state index in [-0.39, 0.29) is 19.8 Å². The second-order valence-corrected chi connectivity index (χ2v) is 7.87. The van der Waals surface area contributed by atoms with Gasteiger partial charge in [-0.05, 0) is 65.4 Å². The van der Waals surface area contributed by atoms with Gasteiger partial charge in [-0.25, -0.2) is 14.6 Å². The molecule has 0 aliphatic rings. The minimum Gasteiger partial charge on any atom is -0.491 e. The van der Waals surface area contributed by atoms with Crippen LogP contribution in [-0.4, -0.2) is 28.0 Å². The number of ether oxygens (including phenoxy) is 2. The Bertz CT molecular complexity index is 1380. The molecule has 0 fully saturated rings. The van der Waals surface area contributed by atoms with Crippen LogP contribution in [0.3, 0.4) is 0 Å². The van der Waals surface area contributed by atoms with Crippen LogP contribution in [0.5, 0.6) is 11.5 Å². The number of hydrogen-bond acceptors (Lipinski definition) is 6. The fourth-order valence-electron chi connectivity index (χ4n) is 3.79. The molecule has 0 radical (unpaired) electrons. The van der Waals surface area contributed by atoms with E-state index in [9.17, 15) is 9.59 Å². The zero-order chi connectivity index (χ0) is 24.1.